The number of nitrogens with two attached hydrogens (primary N) is 1. The molecule has 0 aliphatic heterocycles. The second kappa shape index (κ2) is 10.9. The highest BCUT2D eigenvalue weighted by atomic mass is 16.4. The van der Waals surface area contributed by atoms with Crippen molar-refractivity contribution in [1.29, 1.82) is 0 Å². The predicted octanol–water partition coefficient (Wildman–Crippen LogP) is -0.121. The summed E-state index contributed by atoms with van der Waals surface area (Å²) < 4.78 is 0. The third-order valence-electron chi connectivity index (χ3n) is 1.59. The lowest BCUT2D eigenvalue weighted by Crippen LogP contribution is -2.33. The van der Waals surface area contributed by atoms with E-state index in [1.165, 1.54) is 0 Å². The monoisotopic (exact) mass is 220 g/mol. The first-order valence-electron chi connectivity index (χ1n) is 4.75. The van der Waals surface area contributed by atoms with Gasteiger partial charge in [0.1, 0.15) is 6.04 Å². The van der Waals surface area contributed by atoms with E-state index in [-0.39, 0.29) is 0 Å². The zero-order valence-electron chi connectivity index (χ0n) is 9.19. The highest BCUT2D eigenvalue weighted by Crippen LogP contribution is 1.99. The summed E-state index contributed by atoms with van der Waals surface area (Å²) in [5, 5.41) is 18.7. The second-order valence-corrected chi connectivity index (χ2v) is 2.98. The number of hydrogen-bond donors (Lipinski definition) is 4. The maximum Gasteiger partial charge on any atom is 0.320 e. The van der Waals surface area contributed by atoms with Gasteiger partial charge in [-0.05, 0) is 26.4 Å². The first-order chi connectivity index (χ1) is 6.95. The van der Waals surface area contributed by atoms with E-state index in [1.54, 1.807) is 7.05 Å². The fourth-order valence-corrected chi connectivity index (χ4v) is 0.884. The average molecular weight is 220 g/mol. The molecule has 0 unspecified atom stereocenters. The van der Waals surface area contributed by atoms with Gasteiger partial charge in [-0.1, -0.05) is 6.42 Å². The number of nitrogens with one attached hydrogen (secondary N) is 1. The lowest BCUT2D eigenvalue weighted by molar-refractivity contribution is -0.139. The van der Waals surface area contributed by atoms with Crippen LogP contribution in [0.3, 0.4) is 0 Å². The molecule has 15 heavy (non-hydrogen) atoms. The van der Waals surface area contributed by atoms with Crippen LogP contribution in [0.5, 0.6) is 0 Å². The van der Waals surface area contributed by atoms with Gasteiger partial charge in [-0.2, -0.15) is 0 Å². The van der Waals surface area contributed by atoms with Crippen LogP contribution in [0.2, 0.25) is 0 Å². The van der Waals surface area contributed by atoms with Crippen LogP contribution in [0, 0.1) is 0 Å². The van der Waals surface area contributed by atoms with Crippen molar-refractivity contribution >= 4 is 11.9 Å². The lowest BCUT2D eigenvalue weighted by atomic mass is 10.1. The molecule has 0 amide bonds. The first kappa shape index (κ1) is 16.3. The Hall–Kier alpha value is -1.14. The second-order valence-electron chi connectivity index (χ2n) is 2.98. The molecular weight excluding hydrogens is 200 g/mol. The van der Waals surface area contributed by atoms with Crippen molar-refractivity contribution in [2.24, 2.45) is 5.73 Å². The molecule has 0 aromatic rings. The van der Waals surface area contributed by atoms with Gasteiger partial charge in [0.05, 0.1) is 0 Å². The normalized spacial score (nSPS) is 11.1. The van der Waals surface area contributed by atoms with Crippen LogP contribution in [-0.4, -0.2) is 41.8 Å². The van der Waals surface area contributed by atoms with Crippen LogP contribution >= 0.6 is 0 Å². The Morgan fingerprint density at radius 2 is 1.80 bits per heavy atom. The molecule has 1 atom stereocenters. The average Bonchev–Trinajstić information content (AvgIpc) is 2.11. The number of aliphatic carboxylic acids is 2. The van der Waals surface area contributed by atoms with E-state index in [2.05, 4.69) is 5.32 Å². The summed E-state index contributed by atoms with van der Waals surface area (Å²) in [7, 11) is 1.65. The smallest absolute Gasteiger partial charge is 0.320 e. The van der Waals surface area contributed by atoms with Crippen LogP contribution in [0.1, 0.15) is 26.2 Å². The van der Waals surface area contributed by atoms with Gasteiger partial charge in [-0.25, -0.2) is 0 Å². The fraction of sp³-hybridized carbons (Fsp3) is 0.778. The number of likely N-dealkylation sites (N-methyl/N-ethyl adjacent to an activating group) is 1. The minimum Gasteiger partial charge on any atom is -0.481 e. The van der Waals surface area contributed by atoms with E-state index in [9.17, 15) is 4.79 Å². The Morgan fingerprint density at radius 1 is 1.33 bits per heavy atom. The molecule has 0 aliphatic carbocycles. The summed E-state index contributed by atoms with van der Waals surface area (Å²) in [5.74, 6) is -1.62. The van der Waals surface area contributed by atoms with Crippen molar-refractivity contribution in [2.75, 3.05) is 13.6 Å². The highest BCUT2D eigenvalue weighted by molar-refractivity contribution is 5.73. The molecule has 0 spiro atoms. The van der Waals surface area contributed by atoms with Crippen LogP contribution in [0.4, 0.5) is 0 Å². The molecular formula is C9H20N2O4. The van der Waals surface area contributed by atoms with Crippen LogP contribution < -0.4 is 11.1 Å². The zero-order valence-corrected chi connectivity index (χ0v) is 9.19. The first-order valence-corrected chi connectivity index (χ1v) is 4.75. The number of carboxylic acids is 2. The molecule has 6 nitrogen and oxygen atoms in total. The van der Waals surface area contributed by atoms with Crippen molar-refractivity contribution in [3.05, 3.63) is 0 Å². The van der Waals surface area contributed by atoms with E-state index in [0.29, 0.717) is 13.0 Å². The van der Waals surface area contributed by atoms with Crippen molar-refractivity contribution in [3.63, 3.8) is 0 Å². The van der Waals surface area contributed by atoms with Crippen molar-refractivity contribution in [1.82, 2.24) is 5.32 Å². The minimum atomic E-state index is -0.833. The van der Waals surface area contributed by atoms with E-state index in [0.717, 1.165) is 19.8 Å². The number of hydrogen-bond acceptors (Lipinski definition) is 4. The quantitative estimate of drug-likeness (QED) is 0.464. The van der Waals surface area contributed by atoms with Gasteiger partial charge >= 0.3 is 5.97 Å². The molecule has 0 rings (SSSR count). The topological polar surface area (TPSA) is 113 Å². The van der Waals surface area contributed by atoms with Gasteiger partial charge in [-0.3, -0.25) is 9.59 Å². The van der Waals surface area contributed by atoms with Gasteiger partial charge in [0.25, 0.3) is 5.97 Å². The summed E-state index contributed by atoms with van der Waals surface area (Å²) in [4.78, 5) is 19.4. The summed E-state index contributed by atoms with van der Waals surface area (Å²) in [6.45, 7) is 1.72. The molecule has 0 fully saturated rings. The SMILES string of the molecule is CC(=O)O.CN[C@@H](CCCCN)C(=O)O. The molecule has 90 valence electrons. The minimum absolute atomic E-state index is 0.415. The zero-order chi connectivity index (χ0) is 12.3. The summed E-state index contributed by atoms with van der Waals surface area (Å²) >= 11 is 0. The Bertz CT molecular complexity index is 181. The van der Waals surface area contributed by atoms with Crippen molar-refractivity contribution < 1.29 is 19.8 Å². The summed E-state index contributed by atoms with van der Waals surface area (Å²) in [5.41, 5.74) is 5.26. The Labute approximate surface area is 89.5 Å². The van der Waals surface area contributed by atoms with E-state index in [1.807, 2.05) is 0 Å². The fourth-order valence-electron chi connectivity index (χ4n) is 0.884. The Kier molecular flexibility index (Phi) is 11.9. The molecule has 6 heteroatoms. The lowest BCUT2D eigenvalue weighted by Gasteiger charge is -2.09. The van der Waals surface area contributed by atoms with Gasteiger partial charge in [0, 0.05) is 6.92 Å². The standard InChI is InChI=1S/C7H16N2O2.C2H4O2/c1-9-6(7(10)11)4-2-3-5-8;1-2(3)4/h6,9H,2-5,8H2,1H3,(H,10,11);1H3,(H,3,4)/t6-;/m0./s1. The van der Waals surface area contributed by atoms with E-state index in [4.69, 9.17) is 20.7 Å². The van der Waals surface area contributed by atoms with Crippen LogP contribution in [0.25, 0.3) is 0 Å². The molecule has 0 radical (unpaired) electrons. The molecule has 0 bridgehead atoms. The summed E-state index contributed by atoms with van der Waals surface area (Å²) in [6.07, 6.45) is 2.42. The maximum absolute atomic E-state index is 10.4. The number of unbranched alkanes of at least 4 members (excludes halogenated alkanes) is 1. The molecule has 0 aromatic heterocycles. The van der Waals surface area contributed by atoms with Gasteiger partial charge in [-0.15, -0.1) is 0 Å². The highest BCUT2D eigenvalue weighted by Gasteiger charge is 2.12. The third kappa shape index (κ3) is 15.6. The third-order valence-corrected chi connectivity index (χ3v) is 1.59. The van der Waals surface area contributed by atoms with Gasteiger partial charge in [0.15, 0.2) is 0 Å². The number of rotatable bonds is 6. The molecule has 0 saturated carbocycles. The van der Waals surface area contributed by atoms with Crippen molar-refractivity contribution in [3.8, 4) is 0 Å². The molecule has 5 N–H and O–H groups in total. The van der Waals surface area contributed by atoms with Crippen molar-refractivity contribution in [2.45, 2.75) is 32.2 Å². The largest absolute Gasteiger partial charge is 0.481 e. The Morgan fingerprint density at radius 3 is 2.07 bits per heavy atom. The molecule has 0 aromatic carbocycles. The van der Waals surface area contributed by atoms with Gasteiger partial charge < -0.3 is 21.3 Å². The van der Waals surface area contributed by atoms with Crippen LogP contribution in [-0.2, 0) is 9.59 Å². The van der Waals surface area contributed by atoms with E-state index < -0.39 is 18.0 Å². The van der Waals surface area contributed by atoms with Crippen LogP contribution in [0.15, 0.2) is 0 Å². The molecule has 0 saturated heterocycles. The van der Waals surface area contributed by atoms with Gasteiger partial charge in [0.2, 0.25) is 0 Å². The number of carbonyl (C=O) groups is 2. The number of carboxylic acid groups (broad SMARTS) is 2. The predicted molar refractivity (Wildman–Crippen MR) is 56.7 cm³/mol. The summed E-state index contributed by atoms with van der Waals surface area (Å²) in [6, 6.07) is -0.415. The van der Waals surface area contributed by atoms with E-state index >= 15 is 0 Å². The maximum atomic E-state index is 10.4. The molecule has 0 aliphatic rings. The Balaban J connectivity index is 0. The molecule has 0 heterocycles.